The van der Waals surface area contributed by atoms with Gasteiger partial charge in [0.15, 0.2) is 0 Å². The number of benzene rings is 1. The molecule has 2 saturated heterocycles. The summed E-state index contributed by atoms with van der Waals surface area (Å²) in [7, 11) is 0. The van der Waals surface area contributed by atoms with Crippen LogP contribution in [0.4, 0.5) is 0 Å². The minimum Gasteiger partial charge on any atom is -0.472 e. The van der Waals surface area contributed by atoms with Crippen molar-refractivity contribution >= 4 is 5.91 Å². The molecule has 28 heavy (non-hydrogen) atoms. The second kappa shape index (κ2) is 7.99. The summed E-state index contributed by atoms with van der Waals surface area (Å²) in [6.07, 6.45) is 3.73. The standard InChI is InChI=1S/C22H23N3O3/c23-16-22(18-4-2-1-3-5-18)9-11-25(12-10-22)21(26)17-6-7-20(24-14-17)28-19-8-13-27-15-19/h1-7,14,19H,8-13,15H2. The van der Waals surface area contributed by atoms with Crippen LogP contribution in [0.25, 0.3) is 0 Å². The number of carbonyl (C=O) groups is 1. The Kier molecular flexibility index (Phi) is 5.27. The molecule has 2 fully saturated rings. The molecule has 0 radical (unpaired) electrons. The Morgan fingerprint density at radius 3 is 2.61 bits per heavy atom. The van der Waals surface area contributed by atoms with Crippen molar-refractivity contribution in [2.45, 2.75) is 30.8 Å². The fourth-order valence-corrected chi connectivity index (χ4v) is 3.85. The van der Waals surface area contributed by atoms with Crippen molar-refractivity contribution in [1.82, 2.24) is 9.88 Å². The lowest BCUT2D eigenvalue weighted by atomic mass is 9.74. The Balaban J connectivity index is 1.39. The summed E-state index contributed by atoms with van der Waals surface area (Å²) < 4.78 is 11.0. The molecule has 2 aliphatic heterocycles. The van der Waals surface area contributed by atoms with E-state index in [4.69, 9.17) is 9.47 Å². The van der Waals surface area contributed by atoms with Gasteiger partial charge in [-0.05, 0) is 24.5 Å². The Bertz CT molecular complexity index is 847. The molecule has 0 N–H and O–H groups in total. The molecule has 2 aromatic rings. The minimum absolute atomic E-state index is 0.0354. The number of likely N-dealkylation sites (tertiary alicyclic amines) is 1. The smallest absolute Gasteiger partial charge is 0.255 e. The second-order valence-electron chi connectivity index (χ2n) is 7.34. The average Bonchev–Trinajstić information content (AvgIpc) is 3.27. The molecule has 1 aromatic heterocycles. The zero-order chi connectivity index (χ0) is 19.4. The van der Waals surface area contributed by atoms with Gasteiger partial charge in [-0.1, -0.05) is 30.3 Å². The first-order valence-corrected chi connectivity index (χ1v) is 9.67. The molecule has 0 spiro atoms. The van der Waals surface area contributed by atoms with E-state index in [1.54, 1.807) is 23.2 Å². The summed E-state index contributed by atoms with van der Waals surface area (Å²) >= 11 is 0. The highest BCUT2D eigenvalue weighted by Crippen LogP contribution is 2.35. The van der Waals surface area contributed by atoms with Gasteiger partial charge in [-0.25, -0.2) is 4.98 Å². The number of ether oxygens (including phenoxy) is 2. The first-order chi connectivity index (χ1) is 13.7. The van der Waals surface area contributed by atoms with E-state index in [-0.39, 0.29) is 12.0 Å². The number of aromatic nitrogens is 1. The number of hydrogen-bond donors (Lipinski definition) is 0. The van der Waals surface area contributed by atoms with Gasteiger partial charge in [-0.2, -0.15) is 5.26 Å². The van der Waals surface area contributed by atoms with E-state index in [0.29, 0.717) is 50.6 Å². The predicted molar refractivity (Wildman–Crippen MR) is 103 cm³/mol. The highest BCUT2D eigenvalue weighted by atomic mass is 16.5. The van der Waals surface area contributed by atoms with Gasteiger partial charge < -0.3 is 14.4 Å². The quantitative estimate of drug-likeness (QED) is 0.819. The van der Waals surface area contributed by atoms with Gasteiger partial charge in [-0.15, -0.1) is 0 Å². The Morgan fingerprint density at radius 2 is 2.00 bits per heavy atom. The number of nitrogens with zero attached hydrogens (tertiary/aromatic N) is 3. The topological polar surface area (TPSA) is 75.5 Å². The zero-order valence-corrected chi connectivity index (χ0v) is 15.7. The van der Waals surface area contributed by atoms with Gasteiger partial charge >= 0.3 is 0 Å². The van der Waals surface area contributed by atoms with E-state index >= 15 is 0 Å². The van der Waals surface area contributed by atoms with Crippen LogP contribution < -0.4 is 4.74 Å². The molecular weight excluding hydrogens is 354 g/mol. The van der Waals surface area contributed by atoms with Crippen LogP contribution >= 0.6 is 0 Å². The van der Waals surface area contributed by atoms with E-state index < -0.39 is 5.41 Å². The van der Waals surface area contributed by atoms with Crippen molar-refractivity contribution in [2.75, 3.05) is 26.3 Å². The highest BCUT2D eigenvalue weighted by molar-refractivity contribution is 5.94. The maximum atomic E-state index is 12.8. The zero-order valence-electron chi connectivity index (χ0n) is 15.7. The number of nitriles is 1. The summed E-state index contributed by atoms with van der Waals surface area (Å²) in [4.78, 5) is 18.9. The summed E-state index contributed by atoms with van der Waals surface area (Å²) in [6.45, 7) is 2.40. The van der Waals surface area contributed by atoms with Gasteiger partial charge in [0.25, 0.3) is 5.91 Å². The number of piperidine rings is 1. The van der Waals surface area contributed by atoms with Crippen LogP contribution in [0.1, 0.15) is 35.2 Å². The molecule has 144 valence electrons. The van der Waals surface area contributed by atoms with Crippen LogP contribution in [0.2, 0.25) is 0 Å². The molecule has 1 atom stereocenters. The molecule has 1 amide bonds. The van der Waals surface area contributed by atoms with Gasteiger partial charge in [0.2, 0.25) is 5.88 Å². The van der Waals surface area contributed by atoms with Gasteiger partial charge in [0.05, 0.1) is 30.3 Å². The molecule has 4 rings (SSSR count). The van der Waals surface area contributed by atoms with Crippen molar-refractivity contribution < 1.29 is 14.3 Å². The van der Waals surface area contributed by atoms with Crippen molar-refractivity contribution in [3.05, 3.63) is 59.8 Å². The highest BCUT2D eigenvalue weighted by Gasteiger charge is 2.37. The lowest BCUT2D eigenvalue weighted by molar-refractivity contribution is 0.0691. The van der Waals surface area contributed by atoms with Crippen molar-refractivity contribution in [1.29, 1.82) is 5.26 Å². The third-order valence-electron chi connectivity index (χ3n) is 5.60. The molecule has 3 heterocycles. The maximum Gasteiger partial charge on any atom is 0.255 e. The molecular formula is C22H23N3O3. The number of amides is 1. The van der Waals surface area contributed by atoms with Gasteiger partial charge in [-0.3, -0.25) is 4.79 Å². The molecule has 0 saturated carbocycles. The van der Waals surface area contributed by atoms with E-state index in [9.17, 15) is 10.1 Å². The van der Waals surface area contributed by atoms with Crippen molar-refractivity contribution in [3.63, 3.8) is 0 Å². The van der Waals surface area contributed by atoms with Crippen LogP contribution in [-0.4, -0.2) is 48.2 Å². The number of pyridine rings is 1. The van der Waals surface area contributed by atoms with E-state index in [0.717, 1.165) is 12.0 Å². The van der Waals surface area contributed by atoms with Gasteiger partial charge in [0.1, 0.15) is 6.10 Å². The Labute approximate surface area is 164 Å². The number of hydrogen-bond acceptors (Lipinski definition) is 5. The van der Waals surface area contributed by atoms with Crippen LogP contribution in [0, 0.1) is 11.3 Å². The SMILES string of the molecule is N#CC1(c2ccccc2)CCN(C(=O)c2ccc(OC3CCOC3)nc2)CC1. The summed E-state index contributed by atoms with van der Waals surface area (Å²) in [5, 5.41) is 9.80. The van der Waals surface area contributed by atoms with E-state index in [1.165, 1.54) is 0 Å². The Hall–Kier alpha value is -2.91. The largest absolute Gasteiger partial charge is 0.472 e. The fraction of sp³-hybridized carbons (Fsp3) is 0.409. The lowest BCUT2D eigenvalue weighted by Gasteiger charge is -2.37. The number of rotatable bonds is 4. The van der Waals surface area contributed by atoms with E-state index in [2.05, 4.69) is 11.1 Å². The first kappa shape index (κ1) is 18.5. The maximum absolute atomic E-state index is 12.8. The molecule has 0 bridgehead atoms. The molecule has 6 nitrogen and oxygen atoms in total. The third kappa shape index (κ3) is 3.71. The van der Waals surface area contributed by atoms with Gasteiger partial charge in [0, 0.05) is 31.8 Å². The van der Waals surface area contributed by atoms with Crippen LogP contribution in [0.5, 0.6) is 5.88 Å². The van der Waals surface area contributed by atoms with Crippen LogP contribution in [0.15, 0.2) is 48.7 Å². The minimum atomic E-state index is -0.517. The average molecular weight is 377 g/mol. The first-order valence-electron chi connectivity index (χ1n) is 9.67. The number of carbonyl (C=O) groups excluding carboxylic acids is 1. The van der Waals surface area contributed by atoms with Crippen LogP contribution in [0.3, 0.4) is 0 Å². The van der Waals surface area contributed by atoms with Crippen molar-refractivity contribution in [2.24, 2.45) is 0 Å². The summed E-state index contributed by atoms with van der Waals surface area (Å²) in [5.41, 5.74) is 1.06. The van der Waals surface area contributed by atoms with Crippen molar-refractivity contribution in [3.8, 4) is 11.9 Å². The molecule has 1 unspecified atom stereocenters. The molecule has 2 aliphatic rings. The molecule has 1 aromatic carbocycles. The molecule has 0 aliphatic carbocycles. The summed E-state index contributed by atoms with van der Waals surface area (Å²) in [5.74, 6) is 0.459. The normalized spacial score (nSPS) is 21.1. The monoisotopic (exact) mass is 377 g/mol. The second-order valence-corrected chi connectivity index (χ2v) is 7.34. The lowest BCUT2D eigenvalue weighted by Crippen LogP contribution is -2.44. The van der Waals surface area contributed by atoms with E-state index in [1.807, 2.05) is 30.3 Å². The fourth-order valence-electron chi connectivity index (χ4n) is 3.85. The summed E-state index contributed by atoms with van der Waals surface area (Å²) in [6, 6.07) is 15.9. The third-order valence-corrected chi connectivity index (χ3v) is 5.60. The Morgan fingerprint density at radius 1 is 1.21 bits per heavy atom. The molecule has 6 heteroatoms. The predicted octanol–water partition coefficient (Wildman–Crippen LogP) is 2.95. The van der Waals surface area contributed by atoms with Crippen LogP contribution in [-0.2, 0) is 10.2 Å².